The van der Waals surface area contributed by atoms with Crippen LogP contribution < -0.4 is 16.8 Å². The molecule has 0 radical (unpaired) electrons. The molecule has 1 aliphatic carbocycles. The third-order valence-corrected chi connectivity index (χ3v) is 6.43. The summed E-state index contributed by atoms with van der Waals surface area (Å²) in [5.74, 6) is -1.12. The molecule has 0 spiro atoms. The topological polar surface area (TPSA) is 145 Å². The van der Waals surface area contributed by atoms with E-state index in [1.807, 2.05) is 6.92 Å². The lowest BCUT2D eigenvalue weighted by molar-refractivity contribution is -0.141. The summed E-state index contributed by atoms with van der Waals surface area (Å²) in [7, 11) is 1.36. The average molecular weight is 469 g/mol. The van der Waals surface area contributed by atoms with Crippen molar-refractivity contribution in [3.63, 3.8) is 0 Å². The Morgan fingerprint density at radius 3 is 2.36 bits per heavy atom. The largest absolute Gasteiger partial charge is 0.469 e. The molecule has 3 amide bonds. The second kappa shape index (κ2) is 16.5. The van der Waals surface area contributed by atoms with E-state index in [-0.39, 0.29) is 24.3 Å². The second-order valence-corrected chi connectivity index (χ2v) is 9.10. The normalized spacial score (nSPS) is 16.0. The van der Waals surface area contributed by atoms with Crippen LogP contribution in [0.5, 0.6) is 0 Å². The van der Waals surface area contributed by atoms with Crippen LogP contribution >= 0.6 is 0 Å². The minimum atomic E-state index is -0.702. The summed E-state index contributed by atoms with van der Waals surface area (Å²) in [4.78, 5) is 50.5. The number of ether oxygens (including phenoxy) is 1. The number of hydrogen-bond donors (Lipinski definition) is 3. The molecular formula is C24H44N4O5. The number of carbonyl (C=O) groups excluding carboxylic acids is 4. The van der Waals surface area contributed by atoms with E-state index in [9.17, 15) is 19.2 Å². The van der Waals surface area contributed by atoms with Crippen LogP contribution in [-0.4, -0.2) is 60.9 Å². The van der Waals surface area contributed by atoms with Crippen LogP contribution in [0.25, 0.3) is 0 Å². The van der Waals surface area contributed by atoms with Crippen molar-refractivity contribution in [3.05, 3.63) is 0 Å². The van der Waals surface area contributed by atoms with Crippen molar-refractivity contribution in [2.24, 2.45) is 17.4 Å². The third-order valence-electron chi connectivity index (χ3n) is 6.43. The van der Waals surface area contributed by atoms with Crippen molar-refractivity contribution in [3.8, 4) is 0 Å². The maximum atomic E-state index is 13.1. The monoisotopic (exact) mass is 468 g/mol. The van der Waals surface area contributed by atoms with E-state index in [2.05, 4.69) is 10.1 Å². The van der Waals surface area contributed by atoms with Gasteiger partial charge in [0.1, 0.15) is 6.04 Å². The highest BCUT2D eigenvalue weighted by molar-refractivity contribution is 5.90. The smallest absolute Gasteiger partial charge is 0.305 e. The molecule has 0 heterocycles. The Kier molecular flexibility index (Phi) is 14.4. The molecule has 0 saturated heterocycles. The summed E-state index contributed by atoms with van der Waals surface area (Å²) in [5.41, 5.74) is 11.6. The van der Waals surface area contributed by atoms with Gasteiger partial charge in [-0.3, -0.25) is 19.2 Å². The predicted octanol–water partition coefficient (Wildman–Crippen LogP) is 2.01. The quantitative estimate of drug-likeness (QED) is 0.233. The zero-order valence-corrected chi connectivity index (χ0v) is 20.5. The Hall–Kier alpha value is -2.16. The number of carbonyl (C=O) groups is 4. The van der Waals surface area contributed by atoms with Gasteiger partial charge in [-0.15, -0.1) is 0 Å². The first-order valence-corrected chi connectivity index (χ1v) is 12.5. The van der Waals surface area contributed by atoms with E-state index >= 15 is 0 Å². The summed E-state index contributed by atoms with van der Waals surface area (Å²) in [6.07, 6.45) is 10.7. The van der Waals surface area contributed by atoms with Crippen LogP contribution in [0.4, 0.5) is 0 Å². The average Bonchev–Trinajstić information content (AvgIpc) is 2.82. The second-order valence-electron chi connectivity index (χ2n) is 9.10. The Balaban J connectivity index is 2.76. The number of rotatable bonds is 16. The molecule has 0 aromatic rings. The molecule has 1 saturated carbocycles. The van der Waals surface area contributed by atoms with Gasteiger partial charge in [-0.2, -0.15) is 0 Å². The highest BCUT2D eigenvalue weighted by Crippen LogP contribution is 2.29. The van der Waals surface area contributed by atoms with Crippen molar-refractivity contribution < 1.29 is 23.9 Å². The van der Waals surface area contributed by atoms with Gasteiger partial charge in [0, 0.05) is 13.0 Å². The number of primary amides is 1. The molecule has 190 valence electrons. The molecule has 0 unspecified atom stereocenters. The highest BCUT2D eigenvalue weighted by Gasteiger charge is 2.31. The van der Waals surface area contributed by atoms with Gasteiger partial charge in [0.25, 0.3) is 0 Å². The number of hydrogen-bond acceptors (Lipinski definition) is 6. The molecule has 0 bridgehead atoms. The number of nitrogens with zero attached hydrogens (tertiary/aromatic N) is 1. The van der Waals surface area contributed by atoms with Gasteiger partial charge in [-0.05, 0) is 31.6 Å². The molecule has 9 heteroatoms. The number of methoxy groups -OCH3 is 1. The Labute approximate surface area is 198 Å². The molecule has 0 aromatic carbocycles. The van der Waals surface area contributed by atoms with Crippen molar-refractivity contribution in [2.75, 3.05) is 20.2 Å². The number of nitrogens with two attached hydrogens (primary N) is 2. The van der Waals surface area contributed by atoms with Gasteiger partial charge < -0.3 is 26.4 Å². The standard InChI is InChI=1S/C24H44N4O5/c1-3-4-13-19(25)24(32)27-17-21(29)28(15-10-6-9-14-22(30)33-2)20(23(26)31)16-18-11-7-5-8-12-18/h18-20H,3-17,25H2,1-2H3,(H2,26,31)(H,27,32)/t19-,20+/m1/s1. The molecule has 1 rings (SSSR count). The van der Waals surface area contributed by atoms with Crippen molar-refractivity contribution in [1.82, 2.24) is 10.2 Å². The van der Waals surface area contributed by atoms with Gasteiger partial charge in [-0.25, -0.2) is 0 Å². The minimum Gasteiger partial charge on any atom is -0.469 e. The first-order chi connectivity index (χ1) is 15.8. The van der Waals surface area contributed by atoms with E-state index in [0.29, 0.717) is 51.0 Å². The van der Waals surface area contributed by atoms with E-state index in [1.54, 1.807) is 0 Å². The van der Waals surface area contributed by atoms with E-state index in [0.717, 1.165) is 38.5 Å². The molecule has 1 aliphatic rings. The van der Waals surface area contributed by atoms with Gasteiger partial charge in [0.2, 0.25) is 17.7 Å². The fraction of sp³-hybridized carbons (Fsp3) is 0.833. The summed E-state index contributed by atoms with van der Waals surface area (Å²) >= 11 is 0. The number of amides is 3. The Morgan fingerprint density at radius 2 is 1.76 bits per heavy atom. The highest BCUT2D eigenvalue weighted by atomic mass is 16.5. The molecule has 2 atom stereocenters. The fourth-order valence-electron chi connectivity index (χ4n) is 4.37. The summed E-state index contributed by atoms with van der Waals surface area (Å²) in [5, 5.41) is 2.62. The van der Waals surface area contributed by atoms with Crippen molar-refractivity contribution in [2.45, 2.75) is 102 Å². The number of unbranched alkanes of at least 4 members (excludes halogenated alkanes) is 3. The lowest BCUT2D eigenvalue weighted by atomic mass is 9.84. The van der Waals surface area contributed by atoms with Crippen molar-refractivity contribution in [1.29, 1.82) is 0 Å². The van der Waals surface area contributed by atoms with Crippen molar-refractivity contribution >= 4 is 23.7 Å². The van der Waals surface area contributed by atoms with Crippen LogP contribution in [0.15, 0.2) is 0 Å². The summed E-state index contributed by atoms with van der Waals surface area (Å²) in [6, 6.07) is -1.36. The van der Waals surface area contributed by atoms with Gasteiger partial charge in [0.05, 0.1) is 19.7 Å². The first kappa shape index (κ1) is 28.9. The maximum Gasteiger partial charge on any atom is 0.305 e. The van der Waals surface area contributed by atoms with E-state index < -0.39 is 18.0 Å². The lowest BCUT2D eigenvalue weighted by Crippen LogP contribution is -2.53. The number of nitrogens with one attached hydrogen (secondary N) is 1. The lowest BCUT2D eigenvalue weighted by Gasteiger charge is -2.33. The number of esters is 1. The van der Waals surface area contributed by atoms with Crippen LogP contribution in [0.2, 0.25) is 0 Å². The fourth-order valence-corrected chi connectivity index (χ4v) is 4.37. The molecule has 1 fully saturated rings. The molecule has 5 N–H and O–H groups in total. The molecule has 0 aromatic heterocycles. The van der Waals surface area contributed by atoms with Gasteiger partial charge in [0.15, 0.2) is 0 Å². The third kappa shape index (κ3) is 11.5. The van der Waals surface area contributed by atoms with Crippen LogP contribution in [0, 0.1) is 5.92 Å². The molecule has 33 heavy (non-hydrogen) atoms. The molecule has 0 aliphatic heterocycles. The van der Waals surface area contributed by atoms with Crippen LogP contribution in [0.3, 0.4) is 0 Å². The van der Waals surface area contributed by atoms with E-state index in [4.69, 9.17) is 11.5 Å². The Bertz CT molecular complexity index is 622. The summed E-state index contributed by atoms with van der Waals surface area (Å²) < 4.78 is 4.65. The summed E-state index contributed by atoms with van der Waals surface area (Å²) in [6.45, 7) is 2.15. The molecular weight excluding hydrogens is 424 g/mol. The van der Waals surface area contributed by atoms with Gasteiger partial charge in [-0.1, -0.05) is 58.3 Å². The molecule has 9 nitrogen and oxygen atoms in total. The zero-order valence-electron chi connectivity index (χ0n) is 20.5. The van der Waals surface area contributed by atoms with E-state index in [1.165, 1.54) is 18.4 Å². The minimum absolute atomic E-state index is 0.213. The zero-order chi connectivity index (χ0) is 24.6. The SMILES string of the molecule is CCCC[C@@H](N)C(=O)NCC(=O)N(CCCCCC(=O)OC)[C@@H](CC1CCCCC1)C(N)=O. The predicted molar refractivity (Wildman–Crippen MR) is 127 cm³/mol. The maximum absolute atomic E-state index is 13.1. The van der Waals surface area contributed by atoms with Crippen LogP contribution in [0.1, 0.15) is 90.4 Å². The first-order valence-electron chi connectivity index (χ1n) is 12.5. The van der Waals surface area contributed by atoms with Crippen LogP contribution in [-0.2, 0) is 23.9 Å². The van der Waals surface area contributed by atoms with Gasteiger partial charge >= 0.3 is 5.97 Å². The Morgan fingerprint density at radius 1 is 1.06 bits per heavy atom.